The summed E-state index contributed by atoms with van der Waals surface area (Å²) < 4.78 is 0. The van der Waals surface area contributed by atoms with E-state index >= 15 is 0 Å². The van der Waals surface area contributed by atoms with Crippen LogP contribution in [0.1, 0.15) is 23.2 Å². The molecule has 0 aliphatic carbocycles. The van der Waals surface area contributed by atoms with Crippen molar-refractivity contribution in [3.8, 4) is 23.5 Å². The van der Waals surface area contributed by atoms with Crippen LogP contribution in [0.3, 0.4) is 0 Å². The maximum absolute atomic E-state index is 12.5. The number of terminal acetylenes is 1. The van der Waals surface area contributed by atoms with Crippen molar-refractivity contribution in [2.75, 3.05) is 19.6 Å². The van der Waals surface area contributed by atoms with Crippen LogP contribution in [0.2, 0.25) is 0 Å². The number of benzene rings is 2. The number of carbonyl (C=O) groups excluding carboxylic acids is 1. The molecule has 3 aliphatic heterocycles. The Morgan fingerprint density at radius 1 is 1.12 bits per heavy atom. The Morgan fingerprint density at radius 2 is 1.85 bits per heavy atom. The van der Waals surface area contributed by atoms with Gasteiger partial charge in [0.1, 0.15) is 0 Å². The Kier molecular flexibility index (Phi) is 4.77. The largest absolute Gasteiger partial charge is 0.350 e. The first-order valence-electron chi connectivity index (χ1n) is 9.38. The summed E-state index contributed by atoms with van der Waals surface area (Å²) in [6.07, 6.45) is 7.94. The zero-order valence-corrected chi connectivity index (χ0v) is 14.9. The first kappa shape index (κ1) is 16.9. The molecule has 0 spiro atoms. The van der Waals surface area contributed by atoms with Gasteiger partial charge < -0.3 is 5.32 Å². The van der Waals surface area contributed by atoms with Crippen molar-refractivity contribution in [1.82, 2.24) is 10.2 Å². The van der Waals surface area contributed by atoms with E-state index in [4.69, 9.17) is 6.42 Å². The van der Waals surface area contributed by atoms with Gasteiger partial charge in [-0.3, -0.25) is 9.69 Å². The lowest BCUT2D eigenvalue weighted by Crippen LogP contribution is -2.56. The van der Waals surface area contributed by atoms with Crippen LogP contribution in [0.25, 0.3) is 11.1 Å². The molecule has 2 aromatic rings. The van der Waals surface area contributed by atoms with Crippen LogP contribution in [0.5, 0.6) is 0 Å². The van der Waals surface area contributed by atoms with E-state index in [1.807, 2.05) is 42.5 Å². The molecular formula is C23H24N2O. The van der Waals surface area contributed by atoms with E-state index in [-0.39, 0.29) is 5.91 Å². The number of amides is 1. The minimum absolute atomic E-state index is 0.000702. The predicted octanol–water partition coefficient (Wildman–Crippen LogP) is 3.43. The van der Waals surface area contributed by atoms with E-state index in [0.29, 0.717) is 30.0 Å². The first-order chi connectivity index (χ1) is 12.7. The minimum atomic E-state index is 0.000702. The van der Waals surface area contributed by atoms with Crippen LogP contribution in [-0.2, 0) is 0 Å². The van der Waals surface area contributed by atoms with Crippen molar-refractivity contribution < 1.29 is 4.79 Å². The van der Waals surface area contributed by atoms with Crippen LogP contribution in [0, 0.1) is 24.2 Å². The van der Waals surface area contributed by atoms with Crippen LogP contribution >= 0.6 is 0 Å². The smallest absolute Gasteiger partial charge is 0.251 e. The highest BCUT2D eigenvalue weighted by Crippen LogP contribution is 2.35. The number of carbonyl (C=O) groups is 1. The maximum Gasteiger partial charge on any atom is 0.251 e. The van der Waals surface area contributed by atoms with Crippen LogP contribution in [0.15, 0.2) is 54.6 Å². The molecule has 1 amide bonds. The summed E-state index contributed by atoms with van der Waals surface area (Å²) in [6.45, 7) is 2.79. The van der Waals surface area contributed by atoms with Crippen molar-refractivity contribution in [3.05, 3.63) is 60.2 Å². The molecule has 3 heterocycles. The number of piperidine rings is 3. The molecule has 4 atom stereocenters. The number of hydrogen-bond donors (Lipinski definition) is 1. The van der Waals surface area contributed by atoms with E-state index in [1.54, 1.807) is 0 Å². The molecular weight excluding hydrogens is 320 g/mol. The van der Waals surface area contributed by atoms with E-state index in [1.165, 1.54) is 6.42 Å². The van der Waals surface area contributed by atoms with Gasteiger partial charge in [0.15, 0.2) is 0 Å². The number of fused-ring (bicyclic) bond motifs is 3. The Balaban J connectivity index is 1.35. The molecule has 3 heteroatoms. The summed E-state index contributed by atoms with van der Waals surface area (Å²) in [4.78, 5) is 14.9. The van der Waals surface area contributed by atoms with Crippen molar-refractivity contribution >= 4 is 5.91 Å². The third-order valence-corrected chi connectivity index (χ3v) is 5.85. The quantitative estimate of drug-likeness (QED) is 0.862. The summed E-state index contributed by atoms with van der Waals surface area (Å²) >= 11 is 0. The van der Waals surface area contributed by atoms with Gasteiger partial charge in [-0.1, -0.05) is 42.5 Å². The van der Waals surface area contributed by atoms with E-state index in [0.717, 1.165) is 30.6 Å². The number of nitrogens with one attached hydrogen (secondary N) is 1. The molecule has 26 heavy (non-hydrogen) atoms. The van der Waals surface area contributed by atoms with E-state index in [2.05, 4.69) is 28.3 Å². The maximum atomic E-state index is 12.5. The van der Waals surface area contributed by atoms with Gasteiger partial charge in [-0.2, -0.15) is 0 Å². The highest BCUT2D eigenvalue weighted by atomic mass is 16.1. The molecule has 3 aliphatic rings. The van der Waals surface area contributed by atoms with Crippen LogP contribution in [-0.4, -0.2) is 36.5 Å². The van der Waals surface area contributed by atoms with Crippen molar-refractivity contribution in [3.63, 3.8) is 0 Å². The second kappa shape index (κ2) is 7.35. The van der Waals surface area contributed by atoms with Crippen LogP contribution in [0.4, 0.5) is 0 Å². The minimum Gasteiger partial charge on any atom is -0.350 e. The zero-order valence-electron chi connectivity index (χ0n) is 14.9. The van der Waals surface area contributed by atoms with E-state index in [9.17, 15) is 4.79 Å². The fourth-order valence-electron chi connectivity index (χ4n) is 4.30. The van der Waals surface area contributed by atoms with Gasteiger partial charge in [0, 0.05) is 30.6 Å². The summed E-state index contributed by atoms with van der Waals surface area (Å²) in [5.41, 5.74) is 2.99. The standard InChI is InChI=1S/C23H24N2O/c1-2-17-16-25-13-12-21(17)14-22(25)15-24-23(26)20-10-8-19(9-11-20)18-6-4-3-5-7-18/h1,3-11,17,21-22H,12-16H2,(H,24,26). The molecule has 5 rings (SSSR count). The molecule has 0 aromatic heterocycles. The van der Waals surface area contributed by atoms with Gasteiger partial charge in [0.25, 0.3) is 5.91 Å². The molecule has 2 aromatic carbocycles. The lowest BCUT2D eigenvalue weighted by Gasteiger charge is -2.48. The second-order valence-corrected chi connectivity index (χ2v) is 7.36. The van der Waals surface area contributed by atoms with Gasteiger partial charge in [0.05, 0.1) is 0 Å². The normalized spacial score (nSPS) is 26.9. The highest BCUT2D eigenvalue weighted by molar-refractivity contribution is 5.94. The molecule has 1 N–H and O–H groups in total. The van der Waals surface area contributed by atoms with Crippen molar-refractivity contribution in [2.45, 2.75) is 18.9 Å². The van der Waals surface area contributed by atoms with Crippen LogP contribution < -0.4 is 5.32 Å². The summed E-state index contributed by atoms with van der Waals surface area (Å²) in [5.74, 6) is 3.95. The third-order valence-electron chi connectivity index (χ3n) is 5.85. The average molecular weight is 344 g/mol. The molecule has 3 nitrogen and oxygen atoms in total. The third kappa shape index (κ3) is 3.38. The number of hydrogen-bond acceptors (Lipinski definition) is 2. The molecule has 0 saturated carbocycles. The molecule has 132 valence electrons. The summed E-state index contributed by atoms with van der Waals surface area (Å²) in [6, 6.07) is 18.4. The van der Waals surface area contributed by atoms with Gasteiger partial charge in [0.2, 0.25) is 0 Å². The molecule has 3 saturated heterocycles. The Bertz CT molecular complexity index is 806. The average Bonchev–Trinajstić information content (AvgIpc) is 2.73. The molecule has 2 bridgehead atoms. The summed E-state index contributed by atoms with van der Waals surface area (Å²) in [7, 11) is 0. The van der Waals surface area contributed by atoms with Gasteiger partial charge in [-0.05, 0) is 48.6 Å². The van der Waals surface area contributed by atoms with Gasteiger partial charge >= 0.3 is 0 Å². The lowest BCUT2D eigenvalue weighted by atomic mass is 9.76. The second-order valence-electron chi connectivity index (χ2n) is 7.36. The van der Waals surface area contributed by atoms with Crippen molar-refractivity contribution in [1.29, 1.82) is 0 Å². The first-order valence-corrected chi connectivity index (χ1v) is 9.38. The fourth-order valence-corrected chi connectivity index (χ4v) is 4.30. The Hall–Kier alpha value is -2.57. The number of rotatable bonds is 4. The Morgan fingerprint density at radius 3 is 2.50 bits per heavy atom. The Labute approximate surface area is 155 Å². The number of nitrogens with zero attached hydrogens (tertiary/aromatic N) is 1. The van der Waals surface area contributed by atoms with Gasteiger partial charge in [-0.25, -0.2) is 0 Å². The molecule has 4 unspecified atom stereocenters. The topological polar surface area (TPSA) is 32.3 Å². The van der Waals surface area contributed by atoms with Crippen molar-refractivity contribution in [2.24, 2.45) is 11.8 Å². The van der Waals surface area contributed by atoms with Gasteiger partial charge in [-0.15, -0.1) is 12.3 Å². The zero-order chi connectivity index (χ0) is 17.9. The fraction of sp³-hybridized carbons (Fsp3) is 0.348. The predicted molar refractivity (Wildman–Crippen MR) is 105 cm³/mol. The van der Waals surface area contributed by atoms with E-state index < -0.39 is 0 Å². The lowest BCUT2D eigenvalue weighted by molar-refractivity contribution is 0.0227. The summed E-state index contributed by atoms with van der Waals surface area (Å²) in [5, 5.41) is 3.11. The highest BCUT2D eigenvalue weighted by Gasteiger charge is 2.39. The monoisotopic (exact) mass is 344 g/mol. The SMILES string of the molecule is C#CC1CN2CCC1CC2CNC(=O)c1ccc(-c2ccccc2)cc1. The molecule has 3 fully saturated rings. The molecule has 0 radical (unpaired) electrons.